The van der Waals surface area contributed by atoms with Crippen LogP contribution >= 0.6 is 0 Å². The SMILES string of the molecule is CN(C)C(=O)c1cccc(Cn2cc(CCO)cn2)c1. The quantitative estimate of drug-likeness (QED) is 0.889. The van der Waals surface area contributed by atoms with Gasteiger partial charge in [-0.3, -0.25) is 9.48 Å². The second-order valence-corrected chi connectivity index (χ2v) is 4.92. The number of carbonyl (C=O) groups excluding carboxylic acids is 1. The summed E-state index contributed by atoms with van der Waals surface area (Å²) in [5, 5.41) is 13.1. The van der Waals surface area contributed by atoms with Crippen LogP contribution in [0.2, 0.25) is 0 Å². The molecule has 0 aliphatic rings. The Bertz CT molecular complexity index is 590. The van der Waals surface area contributed by atoms with E-state index in [0.29, 0.717) is 18.5 Å². The summed E-state index contributed by atoms with van der Waals surface area (Å²) in [4.78, 5) is 13.5. The molecule has 2 rings (SSSR count). The molecule has 0 aliphatic carbocycles. The van der Waals surface area contributed by atoms with E-state index in [4.69, 9.17) is 5.11 Å². The summed E-state index contributed by atoms with van der Waals surface area (Å²) in [7, 11) is 3.48. The maximum absolute atomic E-state index is 11.9. The van der Waals surface area contributed by atoms with Gasteiger partial charge in [-0.15, -0.1) is 0 Å². The lowest BCUT2D eigenvalue weighted by Gasteiger charge is -2.11. The first kappa shape index (κ1) is 14.3. The first-order chi connectivity index (χ1) is 9.60. The first-order valence-corrected chi connectivity index (χ1v) is 6.53. The topological polar surface area (TPSA) is 58.4 Å². The maximum atomic E-state index is 11.9. The molecular weight excluding hydrogens is 254 g/mol. The van der Waals surface area contributed by atoms with E-state index in [1.807, 2.05) is 35.1 Å². The normalized spacial score (nSPS) is 10.6. The molecule has 106 valence electrons. The molecule has 5 nitrogen and oxygen atoms in total. The number of amides is 1. The molecule has 0 fully saturated rings. The van der Waals surface area contributed by atoms with Crippen LogP contribution in [-0.2, 0) is 13.0 Å². The number of nitrogens with zero attached hydrogens (tertiary/aromatic N) is 3. The van der Waals surface area contributed by atoms with Gasteiger partial charge in [-0.2, -0.15) is 5.10 Å². The standard InChI is InChI=1S/C15H19N3O2/c1-17(2)15(20)14-5-3-4-12(8-14)10-18-11-13(6-7-19)9-16-18/h3-5,8-9,11,19H,6-7,10H2,1-2H3. The Morgan fingerprint density at radius 2 is 2.15 bits per heavy atom. The Morgan fingerprint density at radius 3 is 2.85 bits per heavy atom. The van der Waals surface area contributed by atoms with Gasteiger partial charge >= 0.3 is 0 Å². The molecule has 0 spiro atoms. The summed E-state index contributed by atoms with van der Waals surface area (Å²) in [6.45, 7) is 0.735. The molecule has 0 unspecified atom stereocenters. The molecule has 1 heterocycles. The third-order valence-electron chi connectivity index (χ3n) is 3.01. The summed E-state index contributed by atoms with van der Waals surface area (Å²) in [5.74, 6) is -0.00622. The van der Waals surface area contributed by atoms with Crippen LogP contribution in [0.4, 0.5) is 0 Å². The minimum atomic E-state index is -0.00622. The number of hydrogen-bond acceptors (Lipinski definition) is 3. The van der Waals surface area contributed by atoms with E-state index in [2.05, 4.69) is 5.10 Å². The maximum Gasteiger partial charge on any atom is 0.253 e. The zero-order valence-corrected chi connectivity index (χ0v) is 11.8. The molecule has 1 N–H and O–H groups in total. The molecule has 0 atom stereocenters. The second-order valence-electron chi connectivity index (χ2n) is 4.92. The number of carbonyl (C=O) groups is 1. The van der Waals surface area contributed by atoms with Gasteiger partial charge in [0.2, 0.25) is 0 Å². The van der Waals surface area contributed by atoms with Gasteiger partial charge in [-0.1, -0.05) is 12.1 Å². The number of aliphatic hydroxyl groups excluding tert-OH is 1. The minimum absolute atomic E-state index is 0.00622. The molecular formula is C15H19N3O2. The van der Waals surface area contributed by atoms with Gasteiger partial charge in [-0.25, -0.2) is 0 Å². The summed E-state index contributed by atoms with van der Waals surface area (Å²) in [6, 6.07) is 7.55. The predicted molar refractivity (Wildman–Crippen MR) is 76.6 cm³/mol. The molecule has 0 bridgehead atoms. The fraction of sp³-hybridized carbons (Fsp3) is 0.333. The van der Waals surface area contributed by atoms with Crippen LogP contribution in [0.5, 0.6) is 0 Å². The van der Waals surface area contributed by atoms with Crippen LogP contribution in [-0.4, -0.2) is 46.4 Å². The van der Waals surface area contributed by atoms with Crippen molar-refractivity contribution >= 4 is 5.91 Å². The number of hydrogen-bond donors (Lipinski definition) is 1. The highest BCUT2D eigenvalue weighted by molar-refractivity contribution is 5.94. The van der Waals surface area contributed by atoms with E-state index >= 15 is 0 Å². The lowest BCUT2D eigenvalue weighted by molar-refractivity contribution is 0.0827. The Labute approximate surface area is 118 Å². The Morgan fingerprint density at radius 1 is 1.35 bits per heavy atom. The Hall–Kier alpha value is -2.14. The molecule has 20 heavy (non-hydrogen) atoms. The summed E-state index contributed by atoms with van der Waals surface area (Å²) >= 11 is 0. The third kappa shape index (κ3) is 3.45. The van der Waals surface area contributed by atoms with Crippen molar-refractivity contribution in [1.29, 1.82) is 0 Å². The van der Waals surface area contributed by atoms with Crippen LogP contribution in [0, 0.1) is 0 Å². The van der Waals surface area contributed by atoms with Gasteiger partial charge in [0.05, 0.1) is 12.7 Å². The third-order valence-corrected chi connectivity index (χ3v) is 3.01. The zero-order valence-electron chi connectivity index (χ0n) is 11.8. The van der Waals surface area contributed by atoms with Gasteiger partial charge in [0.15, 0.2) is 0 Å². The van der Waals surface area contributed by atoms with Crippen molar-refractivity contribution in [2.24, 2.45) is 0 Å². The highest BCUT2D eigenvalue weighted by Gasteiger charge is 2.08. The van der Waals surface area contributed by atoms with Gasteiger partial charge in [0.1, 0.15) is 0 Å². The van der Waals surface area contributed by atoms with Crippen molar-refractivity contribution in [3.8, 4) is 0 Å². The number of aliphatic hydroxyl groups is 1. The largest absolute Gasteiger partial charge is 0.396 e. The minimum Gasteiger partial charge on any atom is -0.396 e. The van der Waals surface area contributed by atoms with Gasteiger partial charge in [0, 0.05) is 32.5 Å². The zero-order chi connectivity index (χ0) is 14.5. The molecule has 0 saturated heterocycles. The van der Waals surface area contributed by atoms with E-state index in [-0.39, 0.29) is 12.5 Å². The van der Waals surface area contributed by atoms with Gasteiger partial charge < -0.3 is 10.0 Å². The van der Waals surface area contributed by atoms with Crippen molar-refractivity contribution in [2.75, 3.05) is 20.7 Å². The number of aromatic nitrogens is 2. The van der Waals surface area contributed by atoms with Crippen LogP contribution in [0.15, 0.2) is 36.7 Å². The highest BCUT2D eigenvalue weighted by atomic mass is 16.3. The van der Waals surface area contributed by atoms with Gasteiger partial charge in [-0.05, 0) is 29.7 Å². The van der Waals surface area contributed by atoms with E-state index in [0.717, 1.165) is 11.1 Å². The van der Waals surface area contributed by atoms with Crippen molar-refractivity contribution in [2.45, 2.75) is 13.0 Å². The molecule has 0 radical (unpaired) electrons. The van der Waals surface area contributed by atoms with E-state index in [9.17, 15) is 4.79 Å². The van der Waals surface area contributed by atoms with E-state index in [1.165, 1.54) is 0 Å². The summed E-state index contributed by atoms with van der Waals surface area (Å²) < 4.78 is 1.81. The molecule has 1 aromatic heterocycles. The van der Waals surface area contributed by atoms with Crippen LogP contribution < -0.4 is 0 Å². The Kier molecular flexibility index (Phi) is 4.53. The van der Waals surface area contributed by atoms with Crippen molar-refractivity contribution in [3.05, 3.63) is 53.3 Å². The van der Waals surface area contributed by atoms with Crippen molar-refractivity contribution < 1.29 is 9.90 Å². The van der Waals surface area contributed by atoms with E-state index in [1.54, 1.807) is 25.2 Å². The van der Waals surface area contributed by atoms with Crippen molar-refractivity contribution in [1.82, 2.24) is 14.7 Å². The molecule has 1 amide bonds. The molecule has 0 saturated carbocycles. The lowest BCUT2D eigenvalue weighted by Crippen LogP contribution is -2.21. The van der Waals surface area contributed by atoms with Crippen LogP contribution in [0.1, 0.15) is 21.5 Å². The van der Waals surface area contributed by atoms with Crippen LogP contribution in [0.25, 0.3) is 0 Å². The highest BCUT2D eigenvalue weighted by Crippen LogP contribution is 2.09. The average molecular weight is 273 g/mol. The number of rotatable bonds is 5. The summed E-state index contributed by atoms with van der Waals surface area (Å²) in [5.41, 5.74) is 2.71. The molecule has 5 heteroatoms. The monoisotopic (exact) mass is 273 g/mol. The average Bonchev–Trinajstić information content (AvgIpc) is 2.86. The smallest absolute Gasteiger partial charge is 0.253 e. The second kappa shape index (κ2) is 6.34. The number of benzene rings is 1. The van der Waals surface area contributed by atoms with Crippen LogP contribution in [0.3, 0.4) is 0 Å². The van der Waals surface area contributed by atoms with Gasteiger partial charge in [0.25, 0.3) is 5.91 Å². The first-order valence-electron chi connectivity index (χ1n) is 6.53. The summed E-state index contributed by atoms with van der Waals surface area (Å²) in [6.07, 6.45) is 4.28. The predicted octanol–water partition coefficient (Wildman–Crippen LogP) is 1.17. The molecule has 0 aliphatic heterocycles. The fourth-order valence-corrected chi connectivity index (χ4v) is 2.00. The Balaban J connectivity index is 2.12. The lowest BCUT2D eigenvalue weighted by atomic mass is 10.1. The molecule has 2 aromatic rings. The molecule has 1 aromatic carbocycles. The van der Waals surface area contributed by atoms with E-state index < -0.39 is 0 Å². The van der Waals surface area contributed by atoms with Crippen molar-refractivity contribution in [3.63, 3.8) is 0 Å². The fourth-order valence-electron chi connectivity index (χ4n) is 2.00.